The number of benzene rings is 2. The molecular weight excluding hydrogens is 1140 g/mol. The predicted molar refractivity (Wildman–Crippen MR) is 314 cm³/mol. The van der Waals surface area contributed by atoms with E-state index in [0.717, 1.165) is 9.80 Å². The molecule has 2 aromatic heterocycles. The van der Waals surface area contributed by atoms with Crippen molar-refractivity contribution >= 4 is 92.7 Å². The van der Waals surface area contributed by atoms with Crippen molar-refractivity contribution in [3.8, 4) is 11.5 Å². The lowest BCUT2D eigenvalue weighted by Crippen LogP contribution is -2.61. The van der Waals surface area contributed by atoms with Crippen LogP contribution in [0.5, 0.6) is 11.5 Å². The van der Waals surface area contributed by atoms with Crippen LogP contribution in [0.1, 0.15) is 98.0 Å². The first-order chi connectivity index (χ1) is 42.3. The molecule has 0 unspecified atom stereocenters. The zero-order valence-corrected chi connectivity index (χ0v) is 49.2. The Morgan fingerprint density at radius 3 is 1.16 bits per heavy atom. The van der Waals surface area contributed by atoms with Crippen molar-refractivity contribution < 1.29 is 67.7 Å². The highest BCUT2D eigenvalue weighted by molar-refractivity contribution is 6.03. The van der Waals surface area contributed by atoms with Crippen molar-refractivity contribution in [3.63, 3.8) is 0 Å². The van der Waals surface area contributed by atoms with Gasteiger partial charge < -0.3 is 71.5 Å². The standard InChI is InChI=1S/C60H74N14O14/c1-69-33-49(79)71-23-11-7-19-41(71)53(81)61-29-39(67-57(85)51-45(75)27-35-15-3-5-17-37(35)65-51)60(88)74-26-14-10-22-44(74)56(84)64-32-48(78)70(2)34-50(80)72-24-12-8-20-42(72)54(82)62-30-40(59(87)73-25-13-9-21-43(73)55(83)63-31-47(69)77)68-58(86)52-46(76)28-36-16-4-6-18-38(36)66-52/h3-6,15-18,27-28,39-44,75-76H,7-14,19-26,29-34H2,1-2H3,(H,61,81)(H,62,82)(H,63,83)(H,64,84)(H,67,85)(H,68,86)/t39-,40-,41+,42+,43+,44+/m1/s1. The Morgan fingerprint density at radius 2 is 0.784 bits per heavy atom. The normalized spacial score (nSPS) is 24.3. The van der Waals surface area contributed by atoms with E-state index in [9.17, 15) is 67.7 Å². The highest BCUT2D eigenvalue weighted by Gasteiger charge is 2.42. The van der Waals surface area contributed by atoms with Crippen molar-refractivity contribution in [2.24, 2.45) is 0 Å². The molecule has 468 valence electrons. The van der Waals surface area contributed by atoms with Gasteiger partial charge in [-0.15, -0.1) is 0 Å². The van der Waals surface area contributed by atoms with E-state index in [-0.39, 0.29) is 51.9 Å². The number of nitrogens with zero attached hydrogens (tertiary/aromatic N) is 8. The fourth-order valence-corrected chi connectivity index (χ4v) is 12.0. The Balaban J connectivity index is 0.977. The number of carbonyl (C=O) groups excluding carboxylic acids is 12. The molecule has 0 spiro atoms. The van der Waals surface area contributed by atoms with Crippen LogP contribution in [-0.4, -0.2) is 236 Å². The molecule has 5 fully saturated rings. The number of likely N-dealkylation sites (N-methyl/N-ethyl adjacent to an activating group) is 2. The lowest BCUT2D eigenvalue weighted by molar-refractivity contribution is -0.147. The van der Waals surface area contributed by atoms with Crippen LogP contribution in [-0.2, 0) is 47.9 Å². The largest absolute Gasteiger partial charge is 0.505 e. The fourth-order valence-electron chi connectivity index (χ4n) is 12.0. The van der Waals surface area contributed by atoms with Gasteiger partial charge in [0.15, 0.2) is 11.4 Å². The van der Waals surface area contributed by atoms with Gasteiger partial charge >= 0.3 is 0 Å². The lowest BCUT2D eigenvalue weighted by Gasteiger charge is -2.38. The Morgan fingerprint density at radius 1 is 0.455 bits per heavy atom. The number of piperidine rings is 4. The molecule has 0 bridgehead atoms. The summed E-state index contributed by atoms with van der Waals surface area (Å²) in [4.78, 5) is 186. The summed E-state index contributed by atoms with van der Waals surface area (Å²) in [6.07, 6.45) is 4.63. The molecule has 8 N–H and O–H groups in total. The van der Waals surface area contributed by atoms with E-state index in [1.54, 1.807) is 48.5 Å². The molecule has 88 heavy (non-hydrogen) atoms. The number of pyridine rings is 2. The average molecular weight is 1220 g/mol. The molecule has 6 atom stereocenters. The number of carbonyl (C=O) groups is 12. The number of aromatic hydroxyl groups is 2. The first-order valence-electron chi connectivity index (χ1n) is 29.9. The quantitative estimate of drug-likeness (QED) is 0.122. The second-order valence-electron chi connectivity index (χ2n) is 22.9. The maximum absolute atomic E-state index is 14.8. The lowest BCUT2D eigenvalue weighted by atomic mass is 9.99. The van der Waals surface area contributed by atoms with E-state index >= 15 is 0 Å². The molecule has 28 nitrogen and oxygen atoms in total. The number of nitrogens with one attached hydrogen (secondary N) is 6. The number of para-hydroxylation sites is 2. The van der Waals surface area contributed by atoms with Crippen LogP contribution in [0.2, 0.25) is 0 Å². The van der Waals surface area contributed by atoms with E-state index in [1.165, 1.54) is 45.8 Å². The van der Waals surface area contributed by atoms with Gasteiger partial charge in [-0.1, -0.05) is 36.4 Å². The number of rotatable bonds is 4. The zero-order chi connectivity index (χ0) is 62.8. The van der Waals surface area contributed by atoms with Crippen molar-refractivity contribution in [2.45, 2.75) is 113 Å². The third kappa shape index (κ3) is 14.7. The second kappa shape index (κ2) is 28.3. The zero-order valence-electron chi connectivity index (χ0n) is 49.2. The number of amides is 12. The topological polar surface area (TPSA) is 363 Å². The van der Waals surface area contributed by atoms with E-state index in [2.05, 4.69) is 41.9 Å². The van der Waals surface area contributed by atoms with Gasteiger partial charge in [-0.25, -0.2) is 9.97 Å². The summed E-state index contributed by atoms with van der Waals surface area (Å²) in [7, 11) is 2.68. The summed E-state index contributed by atoms with van der Waals surface area (Å²) < 4.78 is 0. The molecule has 28 heteroatoms. The fraction of sp³-hybridized carbons (Fsp3) is 0.500. The van der Waals surface area contributed by atoms with E-state index in [0.29, 0.717) is 73.2 Å². The summed E-state index contributed by atoms with van der Waals surface area (Å²) in [5.74, 6) is -9.98. The van der Waals surface area contributed by atoms with Crippen LogP contribution in [0, 0.1) is 0 Å². The third-order valence-corrected chi connectivity index (χ3v) is 16.9. The molecule has 9 rings (SSSR count). The molecule has 0 aliphatic carbocycles. The van der Waals surface area contributed by atoms with Crippen LogP contribution >= 0.6 is 0 Å². The molecule has 12 amide bonds. The van der Waals surface area contributed by atoms with Crippen molar-refractivity contribution in [2.75, 3.05) is 79.5 Å². The summed E-state index contributed by atoms with van der Waals surface area (Å²) in [6.45, 7) is -3.06. The van der Waals surface area contributed by atoms with Gasteiger partial charge in [0.1, 0.15) is 47.8 Å². The SMILES string of the molecule is CN1CC(=O)N2CCCC[C@H]2C(=O)NC[C@@H](NC(=O)c2nc3ccccc3cc2O)C(=O)N2CCCC[C@H]2C(=O)NCC(=O)N(C)CC(=O)N2CCCC[C@H]2C(=O)NC[C@@H](NC(=O)c2nc3ccccc3cc2O)C(=O)N2CCCC[C@H]2C(=O)NCC1=O. The van der Waals surface area contributed by atoms with Crippen LogP contribution in [0.4, 0.5) is 0 Å². The Bertz CT molecular complexity index is 3180. The van der Waals surface area contributed by atoms with Crippen LogP contribution in [0.25, 0.3) is 21.8 Å². The van der Waals surface area contributed by atoms with Gasteiger partial charge in [-0.05, 0) is 101 Å². The number of hydrogen-bond donors (Lipinski definition) is 8. The van der Waals surface area contributed by atoms with Crippen molar-refractivity contribution in [1.82, 2.24) is 71.3 Å². The molecule has 0 radical (unpaired) electrons. The highest BCUT2D eigenvalue weighted by Crippen LogP contribution is 2.26. The Kier molecular flexibility index (Phi) is 20.3. The maximum atomic E-state index is 14.8. The molecule has 4 aromatic rings. The van der Waals surface area contributed by atoms with Crippen molar-refractivity contribution in [3.05, 3.63) is 72.1 Å². The van der Waals surface area contributed by atoms with Crippen LogP contribution in [0.3, 0.4) is 0 Å². The van der Waals surface area contributed by atoms with Gasteiger partial charge in [0.2, 0.25) is 59.1 Å². The number of fused-ring (bicyclic) bond motifs is 6. The van der Waals surface area contributed by atoms with Gasteiger partial charge in [0.05, 0.1) is 37.2 Å². The van der Waals surface area contributed by atoms with Crippen molar-refractivity contribution in [1.29, 1.82) is 0 Å². The predicted octanol–water partition coefficient (Wildman–Crippen LogP) is -0.989. The molecule has 2 aromatic carbocycles. The summed E-state index contributed by atoms with van der Waals surface area (Å²) in [6, 6.07) is 8.41. The van der Waals surface area contributed by atoms with Crippen LogP contribution < -0.4 is 31.9 Å². The van der Waals surface area contributed by atoms with E-state index in [1.807, 2.05) is 0 Å². The van der Waals surface area contributed by atoms with Gasteiger partial charge in [-0.3, -0.25) is 57.5 Å². The minimum absolute atomic E-state index is 0.0302. The third-order valence-electron chi connectivity index (χ3n) is 16.9. The minimum Gasteiger partial charge on any atom is -0.505 e. The first-order valence-corrected chi connectivity index (χ1v) is 29.9. The Labute approximate surface area is 506 Å². The molecule has 5 aliphatic heterocycles. The molecule has 0 saturated carbocycles. The van der Waals surface area contributed by atoms with Gasteiger partial charge in [0.25, 0.3) is 11.8 Å². The molecule has 5 saturated heterocycles. The summed E-state index contributed by atoms with van der Waals surface area (Å²) in [5.41, 5.74) is -0.125. The summed E-state index contributed by atoms with van der Waals surface area (Å²) >= 11 is 0. The smallest absolute Gasteiger partial charge is 0.274 e. The average Bonchev–Trinajstić information content (AvgIpc) is 3.51. The second-order valence-corrected chi connectivity index (χ2v) is 22.9. The van der Waals surface area contributed by atoms with Gasteiger partial charge in [-0.2, -0.15) is 0 Å². The number of aromatic nitrogens is 2. The number of hydrogen-bond acceptors (Lipinski definition) is 16. The minimum atomic E-state index is -1.58. The maximum Gasteiger partial charge on any atom is 0.274 e. The highest BCUT2D eigenvalue weighted by atomic mass is 16.3. The molecule has 7 heterocycles. The van der Waals surface area contributed by atoms with Crippen LogP contribution in [0.15, 0.2) is 60.7 Å². The first kappa shape index (κ1) is 63.0. The monoisotopic (exact) mass is 1210 g/mol. The van der Waals surface area contributed by atoms with E-state index < -0.39 is 169 Å². The molecule has 5 aliphatic rings. The van der Waals surface area contributed by atoms with Gasteiger partial charge in [0, 0.05) is 64.1 Å². The van der Waals surface area contributed by atoms with E-state index in [4.69, 9.17) is 0 Å². The Hall–Kier alpha value is -9.50. The molecular formula is C60H74N14O14. The summed E-state index contributed by atoms with van der Waals surface area (Å²) in [5, 5.41) is 38.8.